The Kier molecular flexibility index (Phi) is 5.58. The van der Waals surface area contributed by atoms with Crippen LogP contribution in [0.15, 0.2) is 0 Å². The van der Waals surface area contributed by atoms with Gasteiger partial charge in [0.1, 0.15) is 0 Å². The zero-order chi connectivity index (χ0) is 11.3. The quantitative estimate of drug-likeness (QED) is 0.722. The van der Waals surface area contributed by atoms with E-state index in [-0.39, 0.29) is 0 Å². The molecule has 0 aromatic carbocycles. The van der Waals surface area contributed by atoms with Gasteiger partial charge in [0, 0.05) is 25.2 Å². The van der Waals surface area contributed by atoms with Crippen LogP contribution in [0.2, 0.25) is 0 Å². The summed E-state index contributed by atoms with van der Waals surface area (Å²) in [5, 5.41) is 3.64. The molecule has 1 rings (SSSR count). The van der Waals surface area contributed by atoms with E-state index >= 15 is 0 Å². The first-order valence-corrected chi connectivity index (χ1v) is 6.12. The van der Waals surface area contributed by atoms with E-state index in [0.29, 0.717) is 18.0 Å². The number of hydrogen-bond acceptors (Lipinski definition) is 3. The van der Waals surface area contributed by atoms with Gasteiger partial charge in [0.2, 0.25) is 0 Å². The van der Waals surface area contributed by atoms with E-state index in [1.807, 2.05) is 0 Å². The molecule has 0 aromatic rings. The molecule has 0 aromatic heterocycles. The molecule has 0 amide bonds. The number of rotatable bonds is 6. The molecule has 3 heteroatoms. The Morgan fingerprint density at radius 1 is 1.47 bits per heavy atom. The van der Waals surface area contributed by atoms with Gasteiger partial charge < -0.3 is 15.0 Å². The van der Waals surface area contributed by atoms with Crippen molar-refractivity contribution < 1.29 is 4.74 Å². The van der Waals surface area contributed by atoms with Crippen molar-refractivity contribution >= 4 is 0 Å². The molecule has 0 spiro atoms. The second-order valence-corrected chi connectivity index (χ2v) is 4.85. The second kappa shape index (κ2) is 6.46. The lowest BCUT2D eigenvalue weighted by Gasteiger charge is -2.27. The van der Waals surface area contributed by atoms with Crippen molar-refractivity contribution in [2.75, 3.05) is 33.9 Å². The number of likely N-dealkylation sites (N-methyl/N-ethyl adjacent to an activating group) is 1. The molecule has 3 unspecified atom stereocenters. The molecule has 3 nitrogen and oxygen atoms in total. The highest BCUT2D eigenvalue weighted by Gasteiger charge is 2.22. The maximum Gasteiger partial charge on any atom is 0.0509 e. The molecule has 1 aliphatic rings. The van der Waals surface area contributed by atoms with Gasteiger partial charge in [0.15, 0.2) is 0 Å². The van der Waals surface area contributed by atoms with Crippen molar-refractivity contribution in [2.45, 2.75) is 38.8 Å². The first-order chi connectivity index (χ1) is 7.15. The molecule has 15 heavy (non-hydrogen) atoms. The van der Waals surface area contributed by atoms with Crippen LogP contribution in [0.3, 0.4) is 0 Å². The van der Waals surface area contributed by atoms with E-state index in [0.717, 1.165) is 19.8 Å². The van der Waals surface area contributed by atoms with Crippen molar-refractivity contribution in [3.8, 4) is 0 Å². The van der Waals surface area contributed by atoms with Crippen LogP contribution in [-0.4, -0.2) is 50.8 Å². The third-order valence-corrected chi connectivity index (χ3v) is 3.55. The normalized spacial score (nSPS) is 25.8. The van der Waals surface area contributed by atoms with Crippen molar-refractivity contribution in [3.05, 3.63) is 0 Å². The van der Waals surface area contributed by atoms with Gasteiger partial charge in [-0.2, -0.15) is 0 Å². The summed E-state index contributed by atoms with van der Waals surface area (Å²) < 4.78 is 5.41. The van der Waals surface area contributed by atoms with E-state index in [4.69, 9.17) is 4.74 Å². The van der Waals surface area contributed by atoms with Crippen LogP contribution in [0, 0.1) is 5.92 Å². The standard InChI is InChI=1S/C12H26N2O/c1-5-12(14(3)4)8-13-10(2)11-6-7-15-9-11/h10-13H,5-9H2,1-4H3. The Morgan fingerprint density at radius 3 is 2.67 bits per heavy atom. The minimum Gasteiger partial charge on any atom is -0.381 e. The molecule has 1 aliphatic heterocycles. The van der Waals surface area contributed by atoms with E-state index in [2.05, 4.69) is 38.2 Å². The average Bonchev–Trinajstić information content (AvgIpc) is 2.70. The molecule has 1 fully saturated rings. The van der Waals surface area contributed by atoms with Crippen LogP contribution >= 0.6 is 0 Å². The molecular weight excluding hydrogens is 188 g/mol. The van der Waals surface area contributed by atoms with Crippen molar-refractivity contribution in [1.82, 2.24) is 10.2 Å². The summed E-state index contributed by atoms with van der Waals surface area (Å²) in [6.07, 6.45) is 2.42. The molecule has 0 radical (unpaired) electrons. The Balaban J connectivity index is 2.22. The lowest BCUT2D eigenvalue weighted by atomic mass is 10.0. The van der Waals surface area contributed by atoms with Crippen LogP contribution in [-0.2, 0) is 4.74 Å². The van der Waals surface area contributed by atoms with Gasteiger partial charge >= 0.3 is 0 Å². The molecule has 0 aliphatic carbocycles. The predicted molar refractivity (Wildman–Crippen MR) is 64.2 cm³/mol. The van der Waals surface area contributed by atoms with Crippen LogP contribution in [0.5, 0.6) is 0 Å². The first kappa shape index (κ1) is 12.9. The Bertz CT molecular complexity index is 167. The molecule has 1 heterocycles. The molecule has 1 saturated heterocycles. The summed E-state index contributed by atoms with van der Waals surface area (Å²) in [5.41, 5.74) is 0. The minimum absolute atomic E-state index is 0.585. The number of hydrogen-bond donors (Lipinski definition) is 1. The monoisotopic (exact) mass is 214 g/mol. The zero-order valence-electron chi connectivity index (χ0n) is 10.6. The van der Waals surface area contributed by atoms with Crippen LogP contribution in [0.1, 0.15) is 26.7 Å². The largest absolute Gasteiger partial charge is 0.381 e. The summed E-state index contributed by atoms with van der Waals surface area (Å²) in [7, 11) is 4.30. The maximum atomic E-state index is 5.41. The summed E-state index contributed by atoms with van der Waals surface area (Å²) >= 11 is 0. The average molecular weight is 214 g/mol. The second-order valence-electron chi connectivity index (χ2n) is 4.85. The highest BCUT2D eigenvalue weighted by Crippen LogP contribution is 2.16. The van der Waals surface area contributed by atoms with Gasteiger partial charge in [0.25, 0.3) is 0 Å². The van der Waals surface area contributed by atoms with Crippen LogP contribution in [0.4, 0.5) is 0 Å². The van der Waals surface area contributed by atoms with Gasteiger partial charge in [-0.25, -0.2) is 0 Å². The first-order valence-electron chi connectivity index (χ1n) is 6.12. The van der Waals surface area contributed by atoms with E-state index < -0.39 is 0 Å². The molecular formula is C12H26N2O. The minimum atomic E-state index is 0.585. The zero-order valence-corrected chi connectivity index (χ0v) is 10.6. The van der Waals surface area contributed by atoms with Crippen LogP contribution in [0.25, 0.3) is 0 Å². The smallest absolute Gasteiger partial charge is 0.0509 e. The lowest BCUT2D eigenvalue weighted by Crippen LogP contribution is -2.43. The highest BCUT2D eigenvalue weighted by atomic mass is 16.5. The van der Waals surface area contributed by atoms with Gasteiger partial charge in [0.05, 0.1) is 6.61 Å². The van der Waals surface area contributed by atoms with Crippen molar-refractivity contribution in [2.24, 2.45) is 5.92 Å². The van der Waals surface area contributed by atoms with E-state index in [9.17, 15) is 0 Å². The molecule has 90 valence electrons. The Hall–Kier alpha value is -0.120. The molecule has 3 atom stereocenters. The van der Waals surface area contributed by atoms with E-state index in [1.54, 1.807) is 0 Å². The van der Waals surface area contributed by atoms with Gasteiger partial charge in [-0.05, 0) is 39.8 Å². The summed E-state index contributed by atoms with van der Waals surface area (Å²) in [6.45, 7) is 7.49. The summed E-state index contributed by atoms with van der Waals surface area (Å²) in [4.78, 5) is 2.30. The summed E-state index contributed by atoms with van der Waals surface area (Å²) in [5.74, 6) is 0.713. The van der Waals surface area contributed by atoms with Gasteiger partial charge in [-0.3, -0.25) is 0 Å². The number of ether oxygens (including phenoxy) is 1. The number of nitrogens with zero attached hydrogens (tertiary/aromatic N) is 1. The van der Waals surface area contributed by atoms with E-state index in [1.165, 1.54) is 12.8 Å². The topological polar surface area (TPSA) is 24.5 Å². The van der Waals surface area contributed by atoms with Crippen molar-refractivity contribution in [3.63, 3.8) is 0 Å². The predicted octanol–water partition coefficient (Wildman–Crippen LogP) is 1.34. The van der Waals surface area contributed by atoms with Crippen molar-refractivity contribution in [1.29, 1.82) is 0 Å². The third kappa shape index (κ3) is 4.09. The Labute approximate surface area is 94.2 Å². The highest BCUT2D eigenvalue weighted by molar-refractivity contribution is 4.78. The molecule has 0 saturated carbocycles. The lowest BCUT2D eigenvalue weighted by molar-refractivity contribution is 0.176. The summed E-state index contributed by atoms with van der Waals surface area (Å²) in [6, 6.07) is 1.23. The fourth-order valence-electron chi connectivity index (χ4n) is 2.13. The third-order valence-electron chi connectivity index (χ3n) is 3.55. The maximum absolute atomic E-state index is 5.41. The SMILES string of the molecule is CCC(CNC(C)C1CCOC1)N(C)C. The Morgan fingerprint density at radius 2 is 2.20 bits per heavy atom. The fraction of sp³-hybridized carbons (Fsp3) is 1.00. The molecule has 1 N–H and O–H groups in total. The van der Waals surface area contributed by atoms with Gasteiger partial charge in [-0.1, -0.05) is 6.92 Å². The van der Waals surface area contributed by atoms with Gasteiger partial charge in [-0.15, -0.1) is 0 Å². The fourth-order valence-corrected chi connectivity index (χ4v) is 2.13. The molecule has 0 bridgehead atoms. The number of nitrogens with one attached hydrogen (secondary N) is 1. The van der Waals surface area contributed by atoms with Crippen LogP contribution < -0.4 is 5.32 Å².